The second-order valence-corrected chi connectivity index (χ2v) is 9.06. The van der Waals surface area contributed by atoms with E-state index in [2.05, 4.69) is 13.8 Å². The van der Waals surface area contributed by atoms with Crippen molar-refractivity contribution in [2.45, 2.75) is 44.8 Å². The maximum absolute atomic E-state index is 13.6. The summed E-state index contributed by atoms with van der Waals surface area (Å²) in [5.74, 6) is -1.47. The summed E-state index contributed by atoms with van der Waals surface area (Å²) in [6.45, 7) is 4.18. The Hall–Kier alpha value is -1.80. The summed E-state index contributed by atoms with van der Waals surface area (Å²) in [4.78, 5) is 12.8. The molecule has 0 radical (unpaired) electrons. The zero-order valence-electron chi connectivity index (χ0n) is 19.0. The number of aliphatic hydroxyl groups is 2. The minimum atomic E-state index is -1.36. The second-order valence-electron chi connectivity index (χ2n) is 8.00. The van der Waals surface area contributed by atoms with Crippen LogP contribution in [0.3, 0.4) is 0 Å². The number of thiophene rings is 1. The van der Waals surface area contributed by atoms with Crippen LogP contribution in [0.1, 0.15) is 43.0 Å². The van der Waals surface area contributed by atoms with E-state index in [1.165, 1.54) is 12.1 Å². The third kappa shape index (κ3) is 7.34. The number of hydrogen-bond donors (Lipinski definition) is 2. The van der Waals surface area contributed by atoms with Crippen LogP contribution in [0.4, 0.5) is 4.39 Å². The first-order valence-corrected chi connectivity index (χ1v) is 11.3. The number of hydrogen-bond acceptors (Lipinski definition) is 5. The number of carboxylic acids is 1. The van der Waals surface area contributed by atoms with E-state index in [-0.39, 0.29) is 47.7 Å². The van der Waals surface area contributed by atoms with Crippen LogP contribution in [0, 0.1) is 5.82 Å². The molecule has 2 N–H and O–H groups in total. The number of carboxylic acid groups (broad SMARTS) is 1. The Labute approximate surface area is 219 Å². The zero-order chi connectivity index (χ0) is 23.3. The summed E-state index contributed by atoms with van der Waals surface area (Å²) in [5, 5.41) is 30.8. The molecule has 168 valence electrons. The normalized spacial score (nSPS) is 13.2. The molecule has 1 heterocycles. The van der Waals surface area contributed by atoms with E-state index in [1.807, 2.05) is 36.4 Å². The molecule has 0 bridgehead atoms. The average molecular weight is 477 g/mol. The molecular formula is C26H26FNaO4S. The maximum atomic E-state index is 13.6. The van der Waals surface area contributed by atoms with Crippen molar-refractivity contribution in [2.75, 3.05) is 0 Å². The van der Waals surface area contributed by atoms with Crippen molar-refractivity contribution in [3.05, 3.63) is 76.9 Å². The molecule has 0 fully saturated rings. The largest absolute Gasteiger partial charge is 1.00 e. The van der Waals surface area contributed by atoms with E-state index in [4.69, 9.17) is 0 Å². The van der Waals surface area contributed by atoms with Crippen LogP contribution in [-0.2, 0) is 4.79 Å². The van der Waals surface area contributed by atoms with Crippen LogP contribution in [0.15, 0.2) is 60.7 Å². The van der Waals surface area contributed by atoms with Gasteiger partial charge in [-0.25, -0.2) is 4.39 Å². The van der Waals surface area contributed by atoms with E-state index in [0.29, 0.717) is 0 Å². The molecule has 33 heavy (non-hydrogen) atoms. The van der Waals surface area contributed by atoms with Crippen LogP contribution in [0.5, 0.6) is 0 Å². The third-order valence-electron chi connectivity index (χ3n) is 5.07. The predicted molar refractivity (Wildman–Crippen MR) is 125 cm³/mol. The first-order valence-electron chi connectivity index (χ1n) is 10.5. The van der Waals surface area contributed by atoms with E-state index in [9.17, 15) is 24.5 Å². The molecule has 2 atom stereocenters. The summed E-state index contributed by atoms with van der Waals surface area (Å²) < 4.78 is 13.6. The van der Waals surface area contributed by atoms with Crippen molar-refractivity contribution in [1.29, 1.82) is 0 Å². The topological polar surface area (TPSA) is 80.6 Å². The molecule has 0 amide bonds. The molecule has 0 aliphatic heterocycles. The van der Waals surface area contributed by atoms with Crippen molar-refractivity contribution in [3.8, 4) is 21.6 Å². The van der Waals surface area contributed by atoms with Crippen molar-refractivity contribution < 1.29 is 54.1 Å². The number of halogens is 1. The number of aliphatic hydroxyl groups excluding tert-OH is 2. The molecule has 0 saturated heterocycles. The predicted octanol–water partition coefficient (Wildman–Crippen LogP) is 1.61. The number of benzene rings is 2. The molecule has 0 spiro atoms. The quantitative estimate of drug-likeness (QED) is 0.460. The Morgan fingerprint density at radius 3 is 2.27 bits per heavy atom. The molecule has 0 saturated carbocycles. The van der Waals surface area contributed by atoms with Crippen molar-refractivity contribution in [2.24, 2.45) is 0 Å². The molecule has 0 aliphatic rings. The first kappa shape index (κ1) is 27.4. The van der Waals surface area contributed by atoms with Gasteiger partial charge in [-0.05, 0) is 34.7 Å². The Kier molecular flexibility index (Phi) is 10.5. The molecule has 2 unspecified atom stereocenters. The van der Waals surface area contributed by atoms with Gasteiger partial charge in [0.1, 0.15) is 5.82 Å². The SMILES string of the molecule is CC(C)c1sc(-c2ccccc2)c(-c2ccc(F)cc2)c1C=CC(O)CC(O)CC(=O)[O-].[Na+]. The fourth-order valence-electron chi connectivity index (χ4n) is 3.59. The van der Waals surface area contributed by atoms with Gasteiger partial charge < -0.3 is 20.1 Å². The van der Waals surface area contributed by atoms with Gasteiger partial charge in [0.05, 0.1) is 12.2 Å². The molecule has 2 aromatic carbocycles. The summed E-state index contributed by atoms with van der Waals surface area (Å²) in [6.07, 6.45) is 0.526. The maximum Gasteiger partial charge on any atom is 1.00 e. The Balaban J connectivity index is 0.00000385. The van der Waals surface area contributed by atoms with Crippen LogP contribution in [-0.4, -0.2) is 28.4 Å². The molecule has 1 aromatic heterocycles. The number of rotatable bonds is 9. The zero-order valence-corrected chi connectivity index (χ0v) is 21.8. The molecule has 3 aromatic rings. The van der Waals surface area contributed by atoms with Crippen LogP contribution >= 0.6 is 11.3 Å². The van der Waals surface area contributed by atoms with Gasteiger partial charge >= 0.3 is 29.6 Å². The molecule has 7 heteroatoms. The van der Waals surface area contributed by atoms with Crippen LogP contribution in [0.25, 0.3) is 27.6 Å². The summed E-state index contributed by atoms with van der Waals surface area (Å²) >= 11 is 1.66. The fraction of sp³-hybridized carbons (Fsp3) is 0.269. The summed E-state index contributed by atoms with van der Waals surface area (Å²) in [6, 6.07) is 16.3. The summed E-state index contributed by atoms with van der Waals surface area (Å²) in [7, 11) is 0. The standard InChI is InChI=1S/C26H27FO4S.Na/c1-16(2)25-22(13-12-20(28)14-21(29)15-23(30)31)24(17-8-10-19(27)11-9-17)26(32-25)18-6-4-3-5-7-18;/h3-13,16,20-21,28-29H,14-15H2,1-2H3,(H,30,31);/q;+1/p-1. The monoisotopic (exact) mass is 476 g/mol. The smallest absolute Gasteiger partial charge is 0.550 e. The fourth-order valence-corrected chi connectivity index (χ4v) is 4.91. The number of aliphatic carboxylic acids is 1. The van der Waals surface area contributed by atoms with E-state index in [0.717, 1.165) is 32.0 Å². The van der Waals surface area contributed by atoms with Gasteiger partial charge in [0, 0.05) is 34.1 Å². The third-order valence-corrected chi connectivity index (χ3v) is 6.62. The minimum Gasteiger partial charge on any atom is -0.550 e. The minimum absolute atomic E-state index is 0. The van der Waals surface area contributed by atoms with Crippen LogP contribution in [0.2, 0.25) is 0 Å². The molecular weight excluding hydrogens is 450 g/mol. The second kappa shape index (κ2) is 12.6. The van der Waals surface area contributed by atoms with Crippen molar-refractivity contribution >= 4 is 23.4 Å². The Morgan fingerprint density at radius 2 is 1.70 bits per heavy atom. The van der Waals surface area contributed by atoms with Gasteiger partial charge in [0.15, 0.2) is 0 Å². The molecule has 0 aliphatic carbocycles. The first-order chi connectivity index (χ1) is 15.3. The molecule has 3 rings (SSSR count). The van der Waals surface area contributed by atoms with Gasteiger partial charge in [-0.2, -0.15) is 0 Å². The van der Waals surface area contributed by atoms with E-state index >= 15 is 0 Å². The van der Waals surface area contributed by atoms with E-state index < -0.39 is 24.6 Å². The van der Waals surface area contributed by atoms with Crippen molar-refractivity contribution in [3.63, 3.8) is 0 Å². The van der Waals surface area contributed by atoms with Gasteiger partial charge in [-0.15, -0.1) is 11.3 Å². The van der Waals surface area contributed by atoms with Gasteiger partial charge in [0.2, 0.25) is 0 Å². The van der Waals surface area contributed by atoms with Gasteiger partial charge in [-0.3, -0.25) is 0 Å². The Morgan fingerprint density at radius 1 is 1.06 bits per heavy atom. The molecule has 4 nitrogen and oxygen atoms in total. The van der Waals surface area contributed by atoms with Gasteiger partial charge in [-0.1, -0.05) is 68.5 Å². The van der Waals surface area contributed by atoms with Crippen molar-refractivity contribution in [1.82, 2.24) is 0 Å². The Bertz CT molecular complexity index is 1080. The van der Waals surface area contributed by atoms with Crippen LogP contribution < -0.4 is 34.7 Å². The summed E-state index contributed by atoms with van der Waals surface area (Å²) in [5.41, 5.74) is 3.77. The average Bonchev–Trinajstić information content (AvgIpc) is 3.12. The van der Waals surface area contributed by atoms with Gasteiger partial charge in [0.25, 0.3) is 0 Å². The van der Waals surface area contributed by atoms with E-state index in [1.54, 1.807) is 29.5 Å². The number of carbonyl (C=O) groups is 1. The number of carbonyl (C=O) groups excluding carboxylic acids is 1.